The minimum atomic E-state index is 0.234. The highest BCUT2D eigenvalue weighted by molar-refractivity contribution is 6.31. The molecule has 1 aliphatic heterocycles. The number of nitrogens with zero attached hydrogens (tertiary/aromatic N) is 1. The molecule has 0 atom stereocenters. The van der Waals surface area contributed by atoms with Gasteiger partial charge in [0, 0.05) is 12.8 Å². The highest BCUT2D eigenvalue weighted by Crippen LogP contribution is 2.28. The molecule has 1 aromatic heterocycles. The van der Waals surface area contributed by atoms with Gasteiger partial charge in [-0.05, 0) is 19.1 Å². The van der Waals surface area contributed by atoms with Crippen LogP contribution in [0.4, 0.5) is 0 Å². The van der Waals surface area contributed by atoms with Crippen LogP contribution in [0.5, 0.6) is 11.5 Å². The summed E-state index contributed by atoms with van der Waals surface area (Å²) in [6.45, 7) is 6.26. The lowest BCUT2D eigenvalue weighted by atomic mass is 10.3. The molecule has 1 saturated heterocycles. The van der Waals surface area contributed by atoms with Crippen LogP contribution in [-0.4, -0.2) is 31.4 Å². The SMILES string of the molecule is Cc1noc(COc2ccccc2OCC[NH+]2CCCC2)c1Cl. The highest BCUT2D eigenvalue weighted by atomic mass is 35.5. The number of ether oxygens (including phenoxy) is 2. The van der Waals surface area contributed by atoms with Gasteiger partial charge in [0.25, 0.3) is 0 Å². The van der Waals surface area contributed by atoms with Crippen molar-refractivity contribution in [3.63, 3.8) is 0 Å². The van der Waals surface area contributed by atoms with E-state index in [1.165, 1.54) is 25.9 Å². The average molecular weight is 338 g/mol. The number of quaternary nitrogens is 1. The van der Waals surface area contributed by atoms with Crippen LogP contribution in [0.15, 0.2) is 28.8 Å². The maximum atomic E-state index is 6.10. The van der Waals surface area contributed by atoms with Crippen molar-refractivity contribution < 1.29 is 18.9 Å². The molecule has 2 heterocycles. The predicted octanol–water partition coefficient (Wildman–Crippen LogP) is 2.27. The Balaban J connectivity index is 1.55. The molecule has 0 unspecified atom stereocenters. The number of rotatable bonds is 7. The molecule has 1 N–H and O–H groups in total. The summed E-state index contributed by atoms with van der Waals surface area (Å²) < 4.78 is 16.8. The van der Waals surface area contributed by atoms with Gasteiger partial charge in [-0.3, -0.25) is 0 Å². The Kier molecular flexibility index (Phi) is 5.41. The number of likely N-dealkylation sites (tertiary alicyclic amines) is 1. The molecule has 6 heteroatoms. The Morgan fingerprint density at radius 3 is 2.52 bits per heavy atom. The third-order valence-electron chi connectivity index (χ3n) is 4.09. The normalized spacial score (nSPS) is 15.0. The summed E-state index contributed by atoms with van der Waals surface area (Å²) in [5, 5.41) is 4.34. The largest absolute Gasteiger partial charge is 0.484 e. The van der Waals surface area contributed by atoms with Gasteiger partial charge in [-0.15, -0.1) is 0 Å². The van der Waals surface area contributed by atoms with Crippen molar-refractivity contribution in [1.29, 1.82) is 0 Å². The Morgan fingerprint density at radius 1 is 1.17 bits per heavy atom. The van der Waals surface area contributed by atoms with Gasteiger partial charge in [0.1, 0.15) is 18.2 Å². The van der Waals surface area contributed by atoms with Crippen LogP contribution < -0.4 is 14.4 Å². The Bertz CT molecular complexity index is 639. The zero-order chi connectivity index (χ0) is 16.1. The Labute approximate surface area is 141 Å². The summed E-state index contributed by atoms with van der Waals surface area (Å²) in [5.74, 6) is 1.97. The van der Waals surface area contributed by atoms with E-state index in [4.69, 9.17) is 25.6 Å². The first-order chi connectivity index (χ1) is 11.2. The maximum Gasteiger partial charge on any atom is 0.192 e. The molecule has 5 nitrogen and oxygen atoms in total. The fraction of sp³-hybridized carbons (Fsp3) is 0.471. The highest BCUT2D eigenvalue weighted by Gasteiger charge is 2.16. The first-order valence-electron chi connectivity index (χ1n) is 8.03. The van der Waals surface area contributed by atoms with Crippen molar-refractivity contribution in [3.8, 4) is 11.5 Å². The van der Waals surface area contributed by atoms with Gasteiger partial charge in [-0.25, -0.2) is 0 Å². The zero-order valence-electron chi connectivity index (χ0n) is 13.3. The molecule has 0 aliphatic carbocycles. The molecule has 0 saturated carbocycles. The fourth-order valence-corrected chi connectivity index (χ4v) is 2.88. The van der Waals surface area contributed by atoms with Crippen molar-refractivity contribution in [1.82, 2.24) is 5.16 Å². The third-order valence-corrected chi connectivity index (χ3v) is 4.57. The molecule has 0 bridgehead atoms. The molecule has 0 amide bonds. The summed E-state index contributed by atoms with van der Waals surface area (Å²) in [7, 11) is 0. The van der Waals surface area contributed by atoms with Crippen molar-refractivity contribution in [2.45, 2.75) is 26.4 Å². The topological polar surface area (TPSA) is 48.9 Å². The number of nitrogens with one attached hydrogen (secondary N) is 1. The summed E-state index contributed by atoms with van der Waals surface area (Å²) >= 11 is 6.10. The number of aromatic nitrogens is 1. The second kappa shape index (κ2) is 7.70. The Hall–Kier alpha value is -1.72. The first kappa shape index (κ1) is 16.1. The lowest BCUT2D eigenvalue weighted by Crippen LogP contribution is -3.10. The van der Waals surface area contributed by atoms with Crippen molar-refractivity contribution in [2.24, 2.45) is 0 Å². The van der Waals surface area contributed by atoms with Crippen LogP contribution in [0.25, 0.3) is 0 Å². The molecule has 23 heavy (non-hydrogen) atoms. The van der Waals surface area contributed by atoms with Gasteiger partial charge >= 0.3 is 0 Å². The first-order valence-corrected chi connectivity index (χ1v) is 8.40. The van der Waals surface area contributed by atoms with Gasteiger partial charge in [0.05, 0.1) is 18.8 Å². The molecule has 0 radical (unpaired) electrons. The van der Waals surface area contributed by atoms with Gasteiger partial charge in [0.2, 0.25) is 0 Å². The molecule has 3 rings (SSSR count). The minimum absolute atomic E-state index is 0.234. The minimum Gasteiger partial charge on any atom is -0.484 e. The van der Waals surface area contributed by atoms with Crippen molar-refractivity contribution in [3.05, 3.63) is 40.7 Å². The van der Waals surface area contributed by atoms with Gasteiger partial charge in [-0.2, -0.15) is 0 Å². The van der Waals surface area contributed by atoms with Crippen LogP contribution in [0.1, 0.15) is 24.3 Å². The second-order valence-corrected chi connectivity index (χ2v) is 6.17. The average Bonchev–Trinajstić information content (AvgIpc) is 3.18. The third kappa shape index (κ3) is 4.18. The zero-order valence-corrected chi connectivity index (χ0v) is 14.1. The van der Waals surface area contributed by atoms with Gasteiger partial charge in [0.15, 0.2) is 23.9 Å². The molecule has 2 aromatic rings. The predicted molar refractivity (Wildman–Crippen MR) is 87.3 cm³/mol. The van der Waals surface area contributed by atoms with Gasteiger partial charge < -0.3 is 18.9 Å². The van der Waals surface area contributed by atoms with E-state index in [-0.39, 0.29) is 6.61 Å². The van der Waals surface area contributed by atoms with E-state index in [0.717, 1.165) is 12.3 Å². The summed E-state index contributed by atoms with van der Waals surface area (Å²) in [6, 6.07) is 7.66. The van der Waals surface area contributed by atoms with Crippen molar-refractivity contribution >= 4 is 11.6 Å². The number of benzene rings is 1. The molecule has 124 valence electrons. The smallest absolute Gasteiger partial charge is 0.192 e. The molecule has 0 spiro atoms. The van der Waals surface area contributed by atoms with E-state index in [2.05, 4.69) is 5.16 Å². The lowest BCUT2D eigenvalue weighted by Gasteiger charge is -2.14. The van der Waals surface area contributed by atoms with Crippen LogP contribution in [0, 0.1) is 6.92 Å². The number of halogens is 1. The van der Waals surface area contributed by atoms with E-state index in [1.807, 2.05) is 24.3 Å². The summed E-state index contributed by atoms with van der Waals surface area (Å²) in [4.78, 5) is 1.62. The van der Waals surface area contributed by atoms with Crippen LogP contribution in [0.3, 0.4) is 0 Å². The Morgan fingerprint density at radius 2 is 1.87 bits per heavy atom. The molecule has 1 aromatic carbocycles. The van der Waals surface area contributed by atoms with Crippen LogP contribution in [-0.2, 0) is 6.61 Å². The second-order valence-electron chi connectivity index (χ2n) is 5.80. The lowest BCUT2D eigenvalue weighted by molar-refractivity contribution is -0.887. The molecular weight excluding hydrogens is 316 g/mol. The van der Waals surface area contributed by atoms with E-state index >= 15 is 0 Å². The summed E-state index contributed by atoms with van der Waals surface area (Å²) in [5.41, 5.74) is 0.670. The van der Waals surface area contributed by atoms with Crippen LogP contribution >= 0.6 is 11.6 Å². The van der Waals surface area contributed by atoms with Crippen molar-refractivity contribution in [2.75, 3.05) is 26.2 Å². The standard InChI is InChI=1S/C17H21ClN2O3/c1-13-17(18)16(23-19-13)12-22-15-7-3-2-6-14(15)21-11-10-20-8-4-5-9-20/h2-3,6-7H,4-5,8-12H2,1H3/p+1. The van der Waals surface area contributed by atoms with E-state index in [9.17, 15) is 0 Å². The van der Waals surface area contributed by atoms with E-state index in [0.29, 0.717) is 28.8 Å². The molecule has 1 aliphatic rings. The molecule has 1 fully saturated rings. The van der Waals surface area contributed by atoms with Crippen LogP contribution in [0.2, 0.25) is 5.02 Å². The van der Waals surface area contributed by atoms with Gasteiger partial charge in [-0.1, -0.05) is 28.9 Å². The van der Waals surface area contributed by atoms with E-state index < -0.39 is 0 Å². The number of hydrogen-bond donors (Lipinski definition) is 1. The van der Waals surface area contributed by atoms with E-state index in [1.54, 1.807) is 11.8 Å². The molecular formula is C17H22ClN2O3+. The quantitative estimate of drug-likeness (QED) is 0.842. The summed E-state index contributed by atoms with van der Waals surface area (Å²) in [6.07, 6.45) is 2.65. The number of aryl methyl sites for hydroxylation is 1. The fourth-order valence-electron chi connectivity index (χ4n) is 2.76. The number of para-hydroxylation sites is 2. The number of hydrogen-bond acceptors (Lipinski definition) is 4. The maximum absolute atomic E-state index is 6.10. The monoisotopic (exact) mass is 337 g/mol.